The summed E-state index contributed by atoms with van der Waals surface area (Å²) in [4.78, 5) is 21.1. The zero-order valence-electron chi connectivity index (χ0n) is 16.1. The monoisotopic (exact) mass is 388 g/mol. The Labute approximate surface area is 165 Å². The maximum atomic E-state index is 10.5. The average Bonchev–Trinajstić information content (AvgIpc) is 2.66. The number of rotatable bonds is 14. The molecule has 0 bridgehead atoms. The summed E-state index contributed by atoms with van der Waals surface area (Å²) in [5.41, 5.74) is 0. The predicted octanol–water partition coefficient (Wildman–Crippen LogP) is 4.89. The second-order valence-electron chi connectivity index (χ2n) is 6.75. The van der Waals surface area contributed by atoms with E-state index in [1.54, 1.807) is 0 Å². The molecule has 0 saturated heterocycles. The van der Waals surface area contributed by atoms with Crippen molar-refractivity contribution in [2.75, 3.05) is 13.2 Å². The standard InChI is InChI=1S/C22H28O6/c23-21(24)11-3-1-7-13-27-19-15-17-9-5-6-10-18(17)16-20(19)28-14-8-2-4-12-22(25)26/h5-6,9-10,15-16H,1-4,7-8,11-14H2,(H,23,24)(H,25,26). The van der Waals surface area contributed by atoms with Crippen LogP contribution in [-0.4, -0.2) is 35.4 Å². The normalized spacial score (nSPS) is 10.7. The molecule has 0 spiro atoms. The Bertz CT molecular complexity index is 706. The van der Waals surface area contributed by atoms with Crippen molar-refractivity contribution in [3.8, 4) is 11.5 Å². The highest BCUT2D eigenvalue weighted by atomic mass is 16.5. The molecule has 0 aliphatic heterocycles. The van der Waals surface area contributed by atoms with Crippen LogP contribution in [0, 0.1) is 0 Å². The van der Waals surface area contributed by atoms with E-state index in [1.165, 1.54) is 0 Å². The SMILES string of the molecule is O=C(O)CCCCCOc1cc2ccccc2cc1OCCCCCC(=O)O. The Kier molecular flexibility index (Phi) is 9.11. The van der Waals surface area contributed by atoms with Crippen molar-refractivity contribution in [2.24, 2.45) is 0 Å². The van der Waals surface area contributed by atoms with Crippen LogP contribution in [0.2, 0.25) is 0 Å². The van der Waals surface area contributed by atoms with Crippen molar-refractivity contribution in [3.63, 3.8) is 0 Å². The molecular weight excluding hydrogens is 360 g/mol. The number of benzene rings is 2. The number of aliphatic carboxylic acids is 2. The first-order valence-corrected chi connectivity index (χ1v) is 9.78. The number of ether oxygens (including phenoxy) is 2. The Morgan fingerprint density at radius 3 is 1.50 bits per heavy atom. The Morgan fingerprint density at radius 2 is 1.11 bits per heavy atom. The number of fused-ring (bicyclic) bond motifs is 1. The molecule has 0 radical (unpaired) electrons. The largest absolute Gasteiger partial charge is 0.490 e. The molecule has 2 N–H and O–H groups in total. The highest BCUT2D eigenvalue weighted by Crippen LogP contribution is 2.33. The lowest BCUT2D eigenvalue weighted by atomic mass is 10.1. The molecule has 2 rings (SSSR count). The lowest BCUT2D eigenvalue weighted by molar-refractivity contribution is -0.138. The summed E-state index contributed by atoms with van der Waals surface area (Å²) in [6.45, 7) is 1.01. The van der Waals surface area contributed by atoms with Gasteiger partial charge in [0.1, 0.15) is 0 Å². The van der Waals surface area contributed by atoms with Gasteiger partial charge in [-0.2, -0.15) is 0 Å². The molecule has 6 heteroatoms. The van der Waals surface area contributed by atoms with Crippen molar-refractivity contribution >= 4 is 22.7 Å². The number of hydrogen-bond donors (Lipinski definition) is 2. The van der Waals surface area contributed by atoms with Crippen LogP contribution in [0.1, 0.15) is 51.4 Å². The van der Waals surface area contributed by atoms with E-state index in [-0.39, 0.29) is 12.8 Å². The first-order chi connectivity index (χ1) is 13.6. The summed E-state index contributed by atoms with van der Waals surface area (Å²) in [5, 5.41) is 19.5. The van der Waals surface area contributed by atoms with Gasteiger partial charge >= 0.3 is 11.9 Å². The first kappa shape index (κ1) is 21.5. The Hall–Kier alpha value is -2.76. The predicted molar refractivity (Wildman–Crippen MR) is 107 cm³/mol. The average molecular weight is 388 g/mol. The number of carboxylic acid groups (broad SMARTS) is 2. The summed E-state index contributed by atoms with van der Waals surface area (Å²) in [6.07, 6.45) is 4.85. The van der Waals surface area contributed by atoms with E-state index in [0.717, 1.165) is 36.5 Å². The number of unbranched alkanes of at least 4 members (excludes halogenated alkanes) is 4. The molecule has 0 saturated carbocycles. The number of hydrogen-bond acceptors (Lipinski definition) is 4. The molecule has 0 atom stereocenters. The molecule has 2 aromatic carbocycles. The summed E-state index contributed by atoms with van der Waals surface area (Å²) < 4.78 is 11.8. The van der Waals surface area contributed by atoms with Crippen molar-refractivity contribution in [1.29, 1.82) is 0 Å². The van der Waals surface area contributed by atoms with Gasteiger partial charge in [-0.1, -0.05) is 24.3 Å². The minimum Gasteiger partial charge on any atom is -0.490 e. The maximum absolute atomic E-state index is 10.5. The van der Waals surface area contributed by atoms with E-state index in [9.17, 15) is 9.59 Å². The van der Waals surface area contributed by atoms with E-state index in [0.29, 0.717) is 37.6 Å². The van der Waals surface area contributed by atoms with Gasteiger partial charge in [-0.05, 0) is 61.4 Å². The van der Waals surface area contributed by atoms with Crippen LogP contribution in [0.15, 0.2) is 36.4 Å². The third-order valence-corrected chi connectivity index (χ3v) is 4.40. The molecule has 0 aliphatic rings. The molecule has 0 amide bonds. The van der Waals surface area contributed by atoms with Gasteiger partial charge in [-0.25, -0.2) is 0 Å². The van der Waals surface area contributed by atoms with Gasteiger partial charge < -0.3 is 19.7 Å². The van der Waals surface area contributed by atoms with Gasteiger partial charge in [0.2, 0.25) is 0 Å². The van der Waals surface area contributed by atoms with Gasteiger partial charge in [0.15, 0.2) is 11.5 Å². The van der Waals surface area contributed by atoms with Crippen LogP contribution in [0.5, 0.6) is 11.5 Å². The topological polar surface area (TPSA) is 93.1 Å². The van der Waals surface area contributed by atoms with E-state index in [2.05, 4.69) is 0 Å². The van der Waals surface area contributed by atoms with Crippen LogP contribution < -0.4 is 9.47 Å². The van der Waals surface area contributed by atoms with Crippen molar-refractivity contribution < 1.29 is 29.3 Å². The van der Waals surface area contributed by atoms with Crippen LogP contribution in [-0.2, 0) is 9.59 Å². The van der Waals surface area contributed by atoms with Crippen molar-refractivity contribution in [1.82, 2.24) is 0 Å². The van der Waals surface area contributed by atoms with Gasteiger partial charge in [-0.3, -0.25) is 9.59 Å². The summed E-state index contributed by atoms with van der Waals surface area (Å²) in [5.74, 6) is -0.172. The zero-order valence-corrected chi connectivity index (χ0v) is 16.1. The zero-order chi connectivity index (χ0) is 20.2. The highest BCUT2D eigenvalue weighted by molar-refractivity contribution is 5.86. The minimum absolute atomic E-state index is 0.187. The molecule has 0 heterocycles. The van der Waals surface area contributed by atoms with E-state index < -0.39 is 11.9 Å². The van der Waals surface area contributed by atoms with E-state index in [4.69, 9.17) is 19.7 Å². The summed E-state index contributed by atoms with van der Waals surface area (Å²) in [6, 6.07) is 11.9. The number of carbonyl (C=O) groups is 2. The quantitative estimate of drug-likeness (QED) is 0.448. The van der Waals surface area contributed by atoms with Crippen LogP contribution >= 0.6 is 0 Å². The fourth-order valence-electron chi connectivity index (χ4n) is 2.90. The van der Waals surface area contributed by atoms with Crippen molar-refractivity contribution in [2.45, 2.75) is 51.4 Å². The second kappa shape index (κ2) is 11.8. The lowest BCUT2D eigenvalue weighted by Gasteiger charge is -2.14. The van der Waals surface area contributed by atoms with Crippen LogP contribution in [0.4, 0.5) is 0 Å². The lowest BCUT2D eigenvalue weighted by Crippen LogP contribution is -2.03. The summed E-state index contributed by atoms with van der Waals surface area (Å²) in [7, 11) is 0. The molecular formula is C22H28O6. The van der Waals surface area contributed by atoms with Crippen LogP contribution in [0.25, 0.3) is 10.8 Å². The highest BCUT2D eigenvalue weighted by Gasteiger charge is 2.08. The molecule has 152 valence electrons. The van der Waals surface area contributed by atoms with Gasteiger partial charge in [0.25, 0.3) is 0 Å². The first-order valence-electron chi connectivity index (χ1n) is 9.78. The fourth-order valence-corrected chi connectivity index (χ4v) is 2.90. The van der Waals surface area contributed by atoms with Gasteiger partial charge in [-0.15, -0.1) is 0 Å². The van der Waals surface area contributed by atoms with E-state index in [1.807, 2.05) is 36.4 Å². The molecule has 2 aromatic rings. The van der Waals surface area contributed by atoms with Gasteiger partial charge in [0, 0.05) is 12.8 Å². The Morgan fingerprint density at radius 1 is 0.679 bits per heavy atom. The molecule has 28 heavy (non-hydrogen) atoms. The van der Waals surface area contributed by atoms with E-state index >= 15 is 0 Å². The fraction of sp³-hybridized carbons (Fsp3) is 0.455. The molecule has 0 unspecified atom stereocenters. The molecule has 0 aliphatic carbocycles. The third-order valence-electron chi connectivity index (χ3n) is 4.40. The maximum Gasteiger partial charge on any atom is 0.303 e. The minimum atomic E-state index is -0.769. The second-order valence-corrected chi connectivity index (χ2v) is 6.75. The summed E-state index contributed by atoms with van der Waals surface area (Å²) >= 11 is 0. The molecule has 0 aromatic heterocycles. The molecule has 0 fully saturated rings. The van der Waals surface area contributed by atoms with Crippen LogP contribution in [0.3, 0.4) is 0 Å². The third kappa shape index (κ3) is 7.86. The molecule has 6 nitrogen and oxygen atoms in total. The smallest absolute Gasteiger partial charge is 0.303 e. The Balaban J connectivity index is 1.89. The number of carboxylic acids is 2. The van der Waals surface area contributed by atoms with Crippen molar-refractivity contribution in [3.05, 3.63) is 36.4 Å². The van der Waals surface area contributed by atoms with Gasteiger partial charge in [0.05, 0.1) is 13.2 Å².